The van der Waals surface area contributed by atoms with Crippen molar-refractivity contribution in [3.8, 4) is 0 Å². The van der Waals surface area contributed by atoms with Gasteiger partial charge in [0.15, 0.2) is 0 Å². The van der Waals surface area contributed by atoms with E-state index in [9.17, 15) is 9.59 Å². The second-order valence-corrected chi connectivity index (χ2v) is 3.14. The maximum absolute atomic E-state index is 10.7. The predicted molar refractivity (Wildman–Crippen MR) is 46.3 cm³/mol. The van der Waals surface area contributed by atoms with Crippen LogP contribution in [-0.2, 0) is 23.8 Å². The highest BCUT2D eigenvalue weighted by molar-refractivity contribution is 5.68. The fourth-order valence-electron chi connectivity index (χ4n) is 1.32. The van der Waals surface area contributed by atoms with Crippen molar-refractivity contribution in [3.05, 3.63) is 0 Å². The Hall–Kier alpha value is -1.10. The average molecular weight is 202 g/mol. The Morgan fingerprint density at radius 2 is 1.86 bits per heavy atom. The summed E-state index contributed by atoms with van der Waals surface area (Å²) in [6, 6.07) is 0. The number of carbonyl (C=O) groups excluding carboxylic acids is 2. The van der Waals surface area contributed by atoms with Gasteiger partial charge in [-0.25, -0.2) is 0 Å². The molecule has 1 heterocycles. The molecule has 1 aliphatic rings. The largest absolute Gasteiger partial charge is 0.422 e. The Balaban J connectivity index is 2.50. The van der Waals surface area contributed by atoms with Crippen LogP contribution in [0.3, 0.4) is 0 Å². The second kappa shape index (κ2) is 4.95. The summed E-state index contributed by atoms with van der Waals surface area (Å²) < 4.78 is 14.9. The van der Waals surface area contributed by atoms with Gasteiger partial charge in [0.1, 0.15) is 6.10 Å². The lowest BCUT2D eigenvalue weighted by atomic mass is 10.2. The molecule has 1 fully saturated rings. The van der Waals surface area contributed by atoms with E-state index in [-0.39, 0.29) is 6.10 Å². The lowest BCUT2D eigenvalue weighted by Gasteiger charge is -2.21. The van der Waals surface area contributed by atoms with E-state index in [2.05, 4.69) is 0 Å². The topological polar surface area (TPSA) is 61.8 Å². The second-order valence-electron chi connectivity index (χ2n) is 3.14. The summed E-state index contributed by atoms with van der Waals surface area (Å²) in [4.78, 5) is 21.4. The Morgan fingerprint density at radius 1 is 1.29 bits per heavy atom. The third kappa shape index (κ3) is 3.33. The molecule has 0 amide bonds. The molecule has 0 aromatic carbocycles. The minimum atomic E-state index is -0.896. The van der Waals surface area contributed by atoms with Gasteiger partial charge in [0.05, 0.1) is 0 Å². The number of rotatable bonds is 3. The van der Waals surface area contributed by atoms with Gasteiger partial charge < -0.3 is 14.2 Å². The van der Waals surface area contributed by atoms with Crippen molar-refractivity contribution in [1.82, 2.24) is 0 Å². The molecule has 1 saturated heterocycles. The van der Waals surface area contributed by atoms with E-state index in [0.717, 1.165) is 12.8 Å². The zero-order valence-electron chi connectivity index (χ0n) is 8.32. The van der Waals surface area contributed by atoms with E-state index in [0.29, 0.717) is 6.61 Å². The Kier molecular flexibility index (Phi) is 3.88. The minimum absolute atomic E-state index is 0.317. The molecule has 0 spiro atoms. The smallest absolute Gasteiger partial charge is 0.305 e. The Labute approximate surface area is 82.3 Å². The lowest BCUT2D eigenvalue weighted by Crippen LogP contribution is -2.34. The number of hydrogen-bond donors (Lipinski definition) is 0. The minimum Gasteiger partial charge on any atom is -0.422 e. The first-order valence-corrected chi connectivity index (χ1v) is 4.55. The van der Waals surface area contributed by atoms with Crippen molar-refractivity contribution >= 4 is 11.9 Å². The monoisotopic (exact) mass is 202 g/mol. The van der Waals surface area contributed by atoms with Crippen LogP contribution >= 0.6 is 0 Å². The zero-order valence-corrected chi connectivity index (χ0v) is 8.32. The summed E-state index contributed by atoms with van der Waals surface area (Å²) in [5, 5.41) is 0. The number of carbonyl (C=O) groups is 2. The molecule has 0 saturated carbocycles. The van der Waals surface area contributed by atoms with Crippen molar-refractivity contribution in [2.75, 3.05) is 6.61 Å². The highest BCUT2D eigenvalue weighted by Gasteiger charge is 2.30. The number of ether oxygens (including phenoxy) is 3. The zero-order chi connectivity index (χ0) is 10.6. The van der Waals surface area contributed by atoms with Crippen molar-refractivity contribution < 1.29 is 23.8 Å². The molecule has 0 unspecified atom stereocenters. The summed E-state index contributed by atoms with van der Waals surface area (Å²) in [7, 11) is 0. The van der Waals surface area contributed by atoms with Crippen molar-refractivity contribution in [2.45, 2.75) is 39.1 Å². The van der Waals surface area contributed by atoms with Crippen LogP contribution in [0.5, 0.6) is 0 Å². The lowest BCUT2D eigenvalue weighted by molar-refractivity contribution is -0.204. The quantitative estimate of drug-likeness (QED) is 0.496. The molecular formula is C9H14O5. The molecule has 0 aliphatic carbocycles. The van der Waals surface area contributed by atoms with E-state index in [4.69, 9.17) is 14.2 Å². The van der Waals surface area contributed by atoms with Crippen LogP contribution in [0.15, 0.2) is 0 Å². The molecule has 80 valence electrons. The van der Waals surface area contributed by atoms with Crippen molar-refractivity contribution in [1.29, 1.82) is 0 Å². The molecule has 0 aromatic heterocycles. The summed E-state index contributed by atoms with van der Waals surface area (Å²) in [5.74, 6) is -0.960. The van der Waals surface area contributed by atoms with E-state index in [1.165, 1.54) is 13.8 Å². The van der Waals surface area contributed by atoms with E-state index in [1.54, 1.807) is 0 Å². The average Bonchev–Trinajstić information content (AvgIpc) is 2.52. The number of esters is 2. The molecule has 14 heavy (non-hydrogen) atoms. The van der Waals surface area contributed by atoms with Gasteiger partial charge in [0.25, 0.3) is 6.29 Å². The van der Waals surface area contributed by atoms with Crippen LogP contribution < -0.4 is 0 Å². The van der Waals surface area contributed by atoms with E-state index >= 15 is 0 Å². The highest BCUT2D eigenvalue weighted by atomic mass is 16.7. The predicted octanol–water partition coefficient (Wildman–Crippen LogP) is 0.618. The SMILES string of the molecule is CC(=O)OC(OC(C)=O)[C@@H]1CCCO1. The van der Waals surface area contributed by atoms with Crippen molar-refractivity contribution in [3.63, 3.8) is 0 Å². The van der Waals surface area contributed by atoms with Gasteiger partial charge in [0, 0.05) is 20.5 Å². The fourth-order valence-corrected chi connectivity index (χ4v) is 1.32. The summed E-state index contributed by atoms with van der Waals surface area (Å²) in [6.07, 6.45) is 0.421. The standard InChI is InChI=1S/C9H14O5/c1-6(10)13-9(14-7(2)11)8-4-3-5-12-8/h8-9H,3-5H2,1-2H3/t8-/m0/s1. The first-order chi connectivity index (χ1) is 6.59. The van der Waals surface area contributed by atoms with Gasteiger partial charge in [0.2, 0.25) is 0 Å². The Bertz CT molecular complexity index is 203. The summed E-state index contributed by atoms with van der Waals surface area (Å²) in [6.45, 7) is 3.15. The molecule has 1 rings (SSSR count). The molecule has 0 radical (unpaired) electrons. The van der Waals surface area contributed by atoms with Gasteiger partial charge in [-0.2, -0.15) is 0 Å². The molecule has 1 aliphatic heterocycles. The van der Waals surface area contributed by atoms with Crippen LogP contribution in [0.25, 0.3) is 0 Å². The highest BCUT2D eigenvalue weighted by Crippen LogP contribution is 2.19. The molecule has 0 aromatic rings. The van der Waals surface area contributed by atoms with Crippen LogP contribution in [0.1, 0.15) is 26.7 Å². The third-order valence-corrected chi connectivity index (χ3v) is 1.83. The summed E-state index contributed by atoms with van der Waals surface area (Å²) in [5.41, 5.74) is 0. The normalized spacial score (nSPS) is 20.9. The van der Waals surface area contributed by atoms with Crippen molar-refractivity contribution in [2.24, 2.45) is 0 Å². The van der Waals surface area contributed by atoms with Gasteiger partial charge in [-0.15, -0.1) is 0 Å². The molecule has 0 N–H and O–H groups in total. The van der Waals surface area contributed by atoms with Gasteiger partial charge in [-0.3, -0.25) is 9.59 Å². The van der Waals surface area contributed by atoms with Gasteiger partial charge >= 0.3 is 11.9 Å². The van der Waals surface area contributed by atoms with Gasteiger partial charge in [-0.1, -0.05) is 0 Å². The molecule has 5 nitrogen and oxygen atoms in total. The van der Waals surface area contributed by atoms with E-state index < -0.39 is 18.2 Å². The molecule has 5 heteroatoms. The third-order valence-electron chi connectivity index (χ3n) is 1.83. The van der Waals surface area contributed by atoms with Crippen LogP contribution in [0.2, 0.25) is 0 Å². The van der Waals surface area contributed by atoms with E-state index in [1.807, 2.05) is 0 Å². The van der Waals surface area contributed by atoms with Crippen LogP contribution in [-0.4, -0.2) is 30.9 Å². The van der Waals surface area contributed by atoms with Crippen LogP contribution in [0, 0.1) is 0 Å². The van der Waals surface area contributed by atoms with Crippen LogP contribution in [0.4, 0.5) is 0 Å². The van der Waals surface area contributed by atoms with Gasteiger partial charge in [-0.05, 0) is 12.8 Å². The molecule has 1 atom stereocenters. The molecular weight excluding hydrogens is 188 g/mol. The maximum atomic E-state index is 10.7. The first-order valence-electron chi connectivity index (χ1n) is 4.55. The Morgan fingerprint density at radius 3 is 2.21 bits per heavy atom. The fraction of sp³-hybridized carbons (Fsp3) is 0.778. The first kappa shape index (κ1) is 11.0. The summed E-state index contributed by atoms with van der Waals surface area (Å²) >= 11 is 0. The number of hydrogen-bond acceptors (Lipinski definition) is 5. The maximum Gasteiger partial charge on any atom is 0.305 e. The molecule has 0 bridgehead atoms.